The van der Waals surface area contributed by atoms with E-state index in [0.29, 0.717) is 36.5 Å². The number of fused-ring (bicyclic) bond motifs is 1. The number of carbonyl (C=O) groups excluding carboxylic acids is 2. The van der Waals surface area contributed by atoms with E-state index in [1.165, 1.54) is 0 Å². The van der Waals surface area contributed by atoms with E-state index in [1.54, 1.807) is 29.2 Å². The number of amides is 2. The molecule has 4 rings (SSSR count). The number of aryl methyl sites for hydroxylation is 1. The SMILES string of the molecule is CCN(C(=O)Cn1c(CCCNC(=O)c2cccc(Cl)c2)nc2ccccc21)c1ccccc1. The molecule has 7 heteroatoms. The highest BCUT2D eigenvalue weighted by atomic mass is 35.5. The number of benzene rings is 3. The summed E-state index contributed by atoms with van der Waals surface area (Å²) in [7, 11) is 0. The number of nitrogens with zero attached hydrogens (tertiary/aromatic N) is 3. The van der Waals surface area contributed by atoms with Crippen LogP contribution < -0.4 is 10.2 Å². The number of hydrogen-bond acceptors (Lipinski definition) is 3. The molecule has 0 bridgehead atoms. The van der Waals surface area contributed by atoms with Gasteiger partial charge in [0.1, 0.15) is 12.4 Å². The van der Waals surface area contributed by atoms with Crippen molar-refractivity contribution in [2.45, 2.75) is 26.3 Å². The summed E-state index contributed by atoms with van der Waals surface area (Å²) in [6.45, 7) is 3.25. The number of halogens is 1. The number of nitrogens with one attached hydrogen (secondary N) is 1. The molecule has 2 amide bonds. The van der Waals surface area contributed by atoms with Crippen molar-refractivity contribution in [2.75, 3.05) is 18.0 Å². The Kier molecular flexibility index (Phi) is 7.60. The molecule has 0 saturated carbocycles. The van der Waals surface area contributed by atoms with E-state index in [9.17, 15) is 9.59 Å². The largest absolute Gasteiger partial charge is 0.352 e. The minimum atomic E-state index is -0.160. The minimum Gasteiger partial charge on any atom is -0.352 e. The Morgan fingerprint density at radius 1 is 1.00 bits per heavy atom. The summed E-state index contributed by atoms with van der Waals surface area (Å²) in [5.74, 6) is 0.677. The van der Waals surface area contributed by atoms with Crippen LogP contribution in [-0.2, 0) is 17.8 Å². The second-order valence-electron chi connectivity index (χ2n) is 7.95. The van der Waals surface area contributed by atoms with Gasteiger partial charge in [0.15, 0.2) is 0 Å². The summed E-state index contributed by atoms with van der Waals surface area (Å²) >= 11 is 5.98. The third-order valence-corrected chi connectivity index (χ3v) is 5.90. The Labute approximate surface area is 204 Å². The van der Waals surface area contributed by atoms with Gasteiger partial charge in [-0.05, 0) is 55.8 Å². The lowest BCUT2D eigenvalue weighted by Gasteiger charge is -2.22. The van der Waals surface area contributed by atoms with Crippen LogP contribution in [0, 0.1) is 0 Å². The van der Waals surface area contributed by atoms with Gasteiger partial charge in [-0.25, -0.2) is 4.98 Å². The van der Waals surface area contributed by atoms with Gasteiger partial charge in [0.2, 0.25) is 5.91 Å². The number of imidazole rings is 1. The lowest BCUT2D eigenvalue weighted by Crippen LogP contribution is -2.34. The number of carbonyl (C=O) groups is 2. The highest BCUT2D eigenvalue weighted by Gasteiger charge is 2.18. The van der Waals surface area contributed by atoms with Gasteiger partial charge < -0.3 is 14.8 Å². The van der Waals surface area contributed by atoms with Crippen molar-refractivity contribution in [2.24, 2.45) is 0 Å². The maximum Gasteiger partial charge on any atom is 0.251 e. The highest BCUT2D eigenvalue weighted by molar-refractivity contribution is 6.30. The Bertz CT molecular complexity index is 1290. The number of likely N-dealkylation sites (N-methyl/N-ethyl adjacent to an activating group) is 1. The minimum absolute atomic E-state index is 0.00682. The Morgan fingerprint density at radius 3 is 2.53 bits per heavy atom. The van der Waals surface area contributed by atoms with E-state index >= 15 is 0 Å². The summed E-state index contributed by atoms with van der Waals surface area (Å²) in [4.78, 5) is 32.2. The Morgan fingerprint density at radius 2 is 1.76 bits per heavy atom. The zero-order valence-corrected chi connectivity index (χ0v) is 19.8. The highest BCUT2D eigenvalue weighted by Crippen LogP contribution is 2.19. The van der Waals surface area contributed by atoms with Crippen LogP contribution >= 0.6 is 11.6 Å². The van der Waals surface area contributed by atoms with Gasteiger partial charge in [0.05, 0.1) is 11.0 Å². The summed E-state index contributed by atoms with van der Waals surface area (Å²) in [5, 5.41) is 3.46. The van der Waals surface area contributed by atoms with Crippen LogP contribution in [0.15, 0.2) is 78.9 Å². The second kappa shape index (κ2) is 11.0. The van der Waals surface area contributed by atoms with Crippen molar-refractivity contribution < 1.29 is 9.59 Å². The van der Waals surface area contributed by atoms with Crippen LogP contribution in [0.25, 0.3) is 11.0 Å². The molecule has 1 aromatic heterocycles. The lowest BCUT2D eigenvalue weighted by molar-refractivity contribution is -0.119. The van der Waals surface area contributed by atoms with E-state index in [0.717, 1.165) is 22.5 Å². The standard InChI is InChI=1S/C27H27ClN4O2/c1-2-31(22-12-4-3-5-13-22)26(33)19-32-24-15-7-6-14-23(24)30-25(32)16-9-17-29-27(34)20-10-8-11-21(28)18-20/h3-8,10-15,18H,2,9,16-17,19H2,1H3,(H,29,34). The first kappa shape index (κ1) is 23.5. The first-order valence-electron chi connectivity index (χ1n) is 11.4. The fraction of sp³-hybridized carbons (Fsp3) is 0.222. The van der Waals surface area contributed by atoms with Gasteiger partial charge in [0.25, 0.3) is 5.91 Å². The molecule has 1 heterocycles. The molecule has 0 unspecified atom stereocenters. The summed E-state index contributed by atoms with van der Waals surface area (Å²) in [5.41, 5.74) is 3.20. The molecule has 3 aromatic carbocycles. The third-order valence-electron chi connectivity index (χ3n) is 5.66. The molecule has 174 valence electrons. The van der Waals surface area contributed by atoms with Gasteiger partial charge in [-0.1, -0.05) is 48.0 Å². The monoisotopic (exact) mass is 474 g/mol. The van der Waals surface area contributed by atoms with E-state index < -0.39 is 0 Å². The van der Waals surface area contributed by atoms with Crippen LogP contribution in [0.3, 0.4) is 0 Å². The van der Waals surface area contributed by atoms with Crippen molar-refractivity contribution in [1.82, 2.24) is 14.9 Å². The van der Waals surface area contributed by atoms with Crippen LogP contribution in [0.2, 0.25) is 5.02 Å². The van der Waals surface area contributed by atoms with E-state index in [-0.39, 0.29) is 18.4 Å². The molecule has 0 aliphatic heterocycles. The topological polar surface area (TPSA) is 67.2 Å². The Balaban J connectivity index is 1.46. The molecule has 0 aliphatic carbocycles. The fourth-order valence-corrected chi connectivity index (χ4v) is 4.19. The maximum absolute atomic E-state index is 13.3. The van der Waals surface area contributed by atoms with Crippen LogP contribution in [0.5, 0.6) is 0 Å². The molecular weight excluding hydrogens is 448 g/mol. The Hall–Kier alpha value is -3.64. The number of rotatable bonds is 9. The first-order chi connectivity index (χ1) is 16.6. The fourth-order valence-electron chi connectivity index (χ4n) is 4.00. The summed E-state index contributed by atoms with van der Waals surface area (Å²) in [6.07, 6.45) is 1.33. The average Bonchev–Trinajstić information content (AvgIpc) is 3.20. The van der Waals surface area contributed by atoms with Crippen molar-refractivity contribution in [1.29, 1.82) is 0 Å². The number of aromatic nitrogens is 2. The average molecular weight is 475 g/mol. The maximum atomic E-state index is 13.3. The van der Waals surface area contributed by atoms with E-state index in [1.807, 2.05) is 66.1 Å². The predicted molar refractivity (Wildman–Crippen MR) is 136 cm³/mol. The lowest BCUT2D eigenvalue weighted by atomic mass is 10.2. The molecule has 6 nitrogen and oxygen atoms in total. The number of hydrogen-bond donors (Lipinski definition) is 1. The van der Waals surface area contributed by atoms with Gasteiger partial charge >= 0.3 is 0 Å². The van der Waals surface area contributed by atoms with Crippen molar-refractivity contribution in [3.63, 3.8) is 0 Å². The molecule has 0 radical (unpaired) electrons. The molecule has 34 heavy (non-hydrogen) atoms. The molecule has 1 N–H and O–H groups in total. The predicted octanol–water partition coefficient (Wildman–Crippen LogP) is 5.11. The molecule has 0 atom stereocenters. The number of para-hydroxylation sites is 3. The smallest absolute Gasteiger partial charge is 0.251 e. The molecule has 4 aromatic rings. The number of anilines is 1. The summed E-state index contributed by atoms with van der Waals surface area (Å²) < 4.78 is 1.99. The van der Waals surface area contributed by atoms with Crippen molar-refractivity contribution in [3.8, 4) is 0 Å². The first-order valence-corrected chi connectivity index (χ1v) is 11.8. The molecular formula is C27H27ClN4O2. The van der Waals surface area contributed by atoms with Crippen LogP contribution in [-0.4, -0.2) is 34.5 Å². The molecule has 0 saturated heterocycles. The van der Waals surface area contributed by atoms with Gasteiger partial charge in [0, 0.05) is 35.8 Å². The zero-order valence-electron chi connectivity index (χ0n) is 19.1. The van der Waals surface area contributed by atoms with E-state index in [4.69, 9.17) is 16.6 Å². The van der Waals surface area contributed by atoms with E-state index in [2.05, 4.69) is 5.32 Å². The van der Waals surface area contributed by atoms with Crippen LogP contribution in [0.1, 0.15) is 29.5 Å². The molecule has 0 aliphatic rings. The normalized spacial score (nSPS) is 10.9. The zero-order chi connectivity index (χ0) is 23.9. The molecule has 0 fully saturated rings. The van der Waals surface area contributed by atoms with Gasteiger partial charge in [-0.3, -0.25) is 9.59 Å². The van der Waals surface area contributed by atoms with Crippen LogP contribution in [0.4, 0.5) is 5.69 Å². The quantitative estimate of drug-likeness (QED) is 0.343. The summed E-state index contributed by atoms with van der Waals surface area (Å²) in [6, 6.07) is 24.4. The van der Waals surface area contributed by atoms with Crippen molar-refractivity contribution >= 4 is 40.1 Å². The van der Waals surface area contributed by atoms with Gasteiger partial charge in [-0.2, -0.15) is 0 Å². The van der Waals surface area contributed by atoms with Crippen molar-refractivity contribution in [3.05, 3.63) is 95.3 Å². The molecule has 0 spiro atoms. The second-order valence-corrected chi connectivity index (χ2v) is 8.38. The third kappa shape index (κ3) is 5.46. The van der Waals surface area contributed by atoms with Gasteiger partial charge in [-0.15, -0.1) is 0 Å².